The highest BCUT2D eigenvalue weighted by molar-refractivity contribution is 5.76. The molecule has 1 amide bonds. The maximum atomic E-state index is 14.0. The van der Waals surface area contributed by atoms with E-state index in [0.29, 0.717) is 30.7 Å². The topological polar surface area (TPSA) is 41.1 Å². The number of hydrogen-bond acceptors (Lipinski definition) is 2. The molecular weight excluding hydrogens is 363 g/mol. The van der Waals surface area contributed by atoms with Crippen molar-refractivity contribution in [2.75, 3.05) is 13.1 Å². The van der Waals surface area contributed by atoms with Gasteiger partial charge in [-0.15, -0.1) is 0 Å². The summed E-state index contributed by atoms with van der Waals surface area (Å²) in [5, 5.41) is 6.02. The Kier molecular flexibility index (Phi) is 6.29. The summed E-state index contributed by atoms with van der Waals surface area (Å²) in [6.07, 6.45) is 10.1. The van der Waals surface area contributed by atoms with E-state index in [1.807, 2.05) is 0 Å². The van der Waals surface area contributed by atoms with Gasteiger partial charge in [0.2, 0.25) is 5.91 Å². The third-order valence-electron chi connectivity index (χ3n) is 8.15. The summed E-state index contributed by atoms with van der Waals surface area (Å²) in [4.78, 5) is 12.5. The van der Waals surface area contributed by atoms with E-state index in [-0.39, 0.29) is 17.4 Å². The molecule has 2 saturated carbocycles. The Hall–Kier alpha value is -1.42. The highest BCUT2D eigenvalue weighted by Gasteiger charge is 2.50. The number of alkyl halides is 1. The van der Waals surface area contributed by atoms with Gasteiger partial charge in [-0.05, 0) is 73.8 Å². The molecule has 1 aliphatic heterocycles. The summed E-state index contributed by atoms with van der Waals surface area (Å²) in [5.74, 6) is 0.624. The molecule has 3 nitrogen and oxygen atoms in total. The van der Waals surface area contributed by atoms with Gasteiger partial charge in [0, 0.05) is 13.0 Å². The molecule has 5 atom stereocenters. The zero-order valence-electron chi connectivity index (χ0n) is 17.9. The van der Waals surface area contributed by atoms with E-state index in [9.17, 15) is 9.18 Å². The lowest BCUT2D eigenvalue weighted by Gasteiger charge is -2.55. The summed E-state index contributed by atoms with van der Waals surface area (Å²) >= 11 is 0. The van der Waals surface area contributed by atoms with E-state index >= 15 is 0 Å². The molecule has 1 aromatic rings. The zero-order chi connectivity index (χ0) is 20.3. The van der Waals surface area contributed by atoms with Crippen LogP contribution in [0.2, 0.25) is 0 Å². The monoisotopic (exact) mass is 400 g/mol. The Morgan fingerprint density at radius 3 is 2.83 bits per heavy atom. The lowest BCUT2D eigenvalue weighted by Crippen LogP contribution is -2.51. The molecule has 0 radical (unpaired) electrons. The molecular formula is C25H37FN2O. The molecule has 1 saturated heterocycles. The maximum absolute atomic E-state index is 14.0. The first-order valence-electron chi connectivity index (χ1n) is 11.7. The number of carbonyl (C=O) groups excluding carboxylic acids is 1. The number of benzene rings is 1. The van der Waals surface area contributed by atoms with E-state index in [0.717, 1.165) is 13.0 Å². The fourth-order valence-corrected chi connectivity index (χ4v) is 6.69. The average Bonchev–Trinajstić information content (AvgIpc) is 2.74. The Labute approximate surface area is 175 Å². The van der Waals surface area contributed by atoms with Gasteiger partial charge >= 0.3 is 0 Å². The van der Waals surface area contributed by atoms with Gasteiger partial charge in [0.15, 0.2) is 0 Å². The molecule has 3 fully saturated rings. The minimum atomic E-state index is -0.966. The van der Waals surface area contributed by atoms with Crippen molar-refractivity contribution in [2.24, 2.45) is 11.3 Å². The minimum Gasteiger partial charge on any atom is -0.350 e. The number of hydrogen-bond donors (Lipinski definition) is 2. The van der Waals surface area contributed by atoms with Crippen LogP contribution in [-0.2, 0) is 10.2 Å². The van der Waals surface area contributed by atoms with Gasteiger partial charge in [0.25, 0.3) is 0 Å². The molecule has 160 valence electrons. The van der Waals surface area contributed by atoms with Crippen molar-refractivity contribution in [3.05, 3.63) is 35.9 Å². The second kappa shape index (κ2) is 8.75. The Bertz CT molecular complexity index is 695. The van der Waals surface area contributed by atoms with Crippen molar-refractivity contribution < 1.29 is 9.18 Å². The van der Waals surface area contributed by atoms with Gasteiger partial charge in [0.05, 0.1) is 6.04 Å². The van der Waals surface area contributed by atoms with Crippen molar-refractivity contribution in [1.82, 2.24) is 10.6 Å². The fraction of sp³-hybridized carbons (Fsp3) is 0.720. The Morgan fingerprint density at radius 1 is 1.24 bits per heavy atom. The van der Waals surface area contributed by atoms with Gasteiger partial charge in [-0.2, -0.15) is 0 Å². The molecule has 2 aliphatic carbocycles. The normalized spacial score (nSPS) is 37.1. The van der Waals surface area contributed by atoms with Crippen LogP contribution in [0.4, 0.5) is 4.39 Å². The van der Waals surface area contributed by atoms with Gasteiger partial charge in [-0.3, -0.25) is 4.79 Å². The van der Waals surface area contributed by atoms with Crippen LogP contribution in [0.15, 0.2) is 30.3 Å². The van der Waals surface area contributed by atoms with Crippen LogP contribution in [0.25, 0.3) is 0 Å². The molecule has 4 rings (SSSR count). The first-order chi connectivity index (χ1) is 14.0. The number of rotatable bonds is 6. The zero-order valence-corrected chi connectivity index (χ0v) is 17.9. The molecule has 1 unspecified atom stereocenters. The van der Waals surface area contributed by atoms with E-state index < -0.39 is 6.17 Å². The number of nitrogens with one attached hydrogen (secondary N) is 2. The SMILES string of the molecule is CC[C@@]12CCC[C@@](c3ccccc3)(CC(CCC(=O)N[C@@H]3CCNC[C@H]3F)C1)C2. The highest BCUT2D eigenvalue weighted by Crippen LogP contribution is 2.60. The second-order valence-corrected chi connectivity index (χ2v) is 10.0. The molecule has 29 heavy (non-hydrogen) atoms. The van der Waals surface area contributed by atoms with E-state index in [1.165, 1.54) is 50.5 Å². The van der Waals surface area contributed by atoms with Crippen LogP contribution in [0.3, 0.4) is 0 Å². The average molecular weight is 401 g/mol. The van der Waals surface area contributed by atoms with Gasteiger partial charge < -0.3 is 10.6 Å². The summed E-state index contributed by atoms with van der Waals surface area (Å²) in [6, 6.07) is 10.8. The highest BCUT2D eigenvalue weighted by atomic mass is 19.1. The van der Waals surface area contributed by atoms with Gasteiger partial charge in [-0.1, -0.05) is 50.1 Å². The summed E-state index contributed by atoms with van der Waals surface area (Å²) in [6.45, 7) is 3.49. The molecule has 4 heteroatoms. The number of piperidine rings is 1. The van der Waals surface area contributed by atoms with Crippen LogP contribution in [-0.4, -0.2) is 31.2 Å². The smallest absolute Gasteiger partial charge is 0.220 e. The van der Waals surface area contributed by atoms with Crippen LogP contribution in [0.5, 0.6) is 0 Å². The van der Waals surface area contributed by atoms with Crippen LogP contribution in [0, 0.1) is 11.3 Å². The molecule has 3 aliphatic rings. The first kappa shape index (κ1) is 20.8. The van der Waals surface area contributed by atoms with Gasteiger partial charge in [0.1, 0.15) is 6.17 Å². The fourth-order valence-electron chi connectivity index (χ4n) is 6.69. The summed E-state index contributed by atoms with van der Waals surface area (Å²) in [7, 11) is 0. The van der Waals surface area contributed by atoms with Crippen molar-refractivity contribution in [3.8, 4) is 0 Å². The molecule has 2 bridgehead atoms. The number of carbonyl (C=O) groups is 1. The molecule has 2 N–H and O–H groups in total. The van der Waals surface area contributed by atoms with Crippen molar-refractivity contribution in [3.63, 3.8) is 0 Å². The second-order valence-electron chi connectivity index (χ2n) is 10.0. The van der Waals surface area contributed by atoms with Crippen molar-refractivity contribution >= 4 is 5.91 Å². The van der Waals surface area contributed by atoms with Crippen molar-refractivity contribution in [2.45, 2.75) is 88.8 Å². The Morgan fingerprint density at radius 2 is 2.07 bits per heavy atom. The molecule has 0 spiro atoms. The predicted octanol–water partition coefficient (Wildman–Crippen LogP) is 4.90. The third-order valence-corrected chi connectivity index (χ3v) is 8.15. The van der Waals surface area contributed by atoms with E-state index in [4.69, 9.17) is 0 Å². The quantitative estimate of drug-likeness (QED) is 0.713. The van der Waals surface area contributed by atoms with E-state index in [1.54, 1.807) is 0 Å². The number of halogens is 1. The molecule has 0 aromatic heterocycles. The third kappa shape index (κ3) is 4.52. The largest absolute Gasteiger partial charge is 0.350 e. The maximum Gasteiger partial charge on any atom is 0.220 e. The summed E-state index contributed by atoms with van der Waals surface area (Å²) in [5.41, 5.74) is 2.22. The van der Waals surface area contributed by atoms with Crippen molar-refractivity contribution in [1.29, 1.82) is 0 Å². The molecule has 1 heterocycles. The van der Waals surface area contributed by atoms with Crippen LogP contribution in [0.1, 0.15) is 76.7 Å². The predicted molar refractivity (Wildman–Crippen MR) is 116 cm³/mol. The standard InChI is InChI=1S/C25H37FN2O/c1-2-24-12-6-13-25(18-24,20-7-4-3-5-8-20)16-19(15-24)9-10-23(29)28-22-11-14-27-17-21(22)26/h3-5,7-8,19,21-22,27H,2,6,9-18H2,1H3,(H,28,29)/t19?,21-,22-,24-,25-/m1/s1. The Balaban J connectivity index is 1.42. The lowest BCUT2D eigenvalue weighted by molar-refractivity contribution is -0.123. The first-order valence-corrected chi connectivity index (χ1v) is 11.7. The number of amides is 1. The van der Waals surface area contributed by atoms with Crippen LogP contribution < -0.4 is 10.6 Å². The van der Waals surface area contributed by atoms with Gasteiger partial charge in [-0.25, -0.2) is 4.39 Å². The van der Waals surface area contributed by atoms with Crippen LogP contribution >= 0.6 is 0 Å². The summed E-state index contributed by atoms with van der Waals surface area (Å²) < 4.78 is 14.0. The molecule has 1 aromatic carbocycles. The minimum absolute atomic E-state index is 0.0367. The van der Waals surface area contributed by atoms with E-state index in [2.05, 4.69) is 47.9 Å². The number of fused-ring (bicyclic) bond motifs is 2. The lowest BCUT2D eigenvalue weighted by atomic mass is 9.49.